The first kappa shape index (κ1) is 9.48. The summed E-state index contributed by atoms with van der Waals surface area (Å²) in [6, 6.07) is 0. The molecule has 1 fully saturated rings. The average Bonchev–Trinajstić information content (AvgIpc) is 2.03. The van der Waals surface area contributed by atoms with Gasteiger partial charge in [-0.3, -0.25) is 4.79 Å². The highest BCUT2D eigenvalue weighted by Gasteiger charge is 2.27. The molecule has 0 aliphatic carbocycles. The van der Waals surface area contributed by atoms with E-state index in [0.29, 0.717) is 26.2 Å². The topological polar surface area (TPSA) is 47.6 Å². The van der Waals surface area contributed by atoms with Crippen molar-refractivity contribution in [3.63, 3.8) is 0 Å². The molecule has 0 aromatic heterocycles. The predicted molar refractivity (Wildman–Crippen MR) is 43.5 cm³/mol. The van der Waals surface area contributed by atoms with Gasteiger partial charge in [-0.2, -0.15) is 0 Å². The number of ether oxygens (including phenoxy) is 2. The summed E-state index contributed by atoms with van der Waals surface area (Å²) >= 11 is 0. The summed E-state index contributed by atoms with van der Waals surface area (Å²) in [5.41, 5.74) is 0. The third kappa shape index (κ3) is 2.79. The average molecular weight is 173 g/mol. The lowest BCUT2D eigenvalue weighted by atomic mass is 10.1. The zero-order chi connectivity index (χ0) is 9.03. The van der Waals surface area contributed by atoms with Crippen LogP contribution in [0.15, 0.2) is 0 Å². The SMILES string of the molecule is CC1(C)OCC(CNC=O)CO1. The van der Waals surface area contributed by atoms with Gasteiger partial charge >= 0.3 is 0 Å². The normalized spacial score (nSPS) is 23.5. The van der Waals surface area contributed by atoms with Crippen LogP contribution in [-0.4, -0.2) is 32.0 Å². The van der Waals surface area contributed by atoms with Crippen molar-refractivity contribution in [1.82, 2.24) is 5.32 Å². The maximum atomic E-state index is 9.98. The molecule has 1 heterocycles. The summed E-state index contributed by atoms with van der Waals surface area (Å²) in [6.45, 7) is 5.69. The largest absolute Gasteiger partial charge is 0.358 e. The lowest BCUT2D eigenvalue weighted by molar-refractivity contribution is -0.261. The van der Waals surface area contributed by atoms with E-state index >= 15 is 0 Å². The Labute approximate surface area is 72.2 Å². The minimum Gasteiger partial charge on any atom is -0.358 e. The van der Waals surface area contributed by atoms with Crippen molar-refractivity contribution in [3.05, 3.63) is 0 Å². The summed E-state index contributed by atoms with van der Waals surface area (Å²) in [5.74, 6) is -0.180. The molecule has 0 radical (unpaired) electrons. The number of hydrogen-bond donors (Lipinski definition) is 1. The molecular formula is C8H15NO3. The fraction of sp³-hybridized carbons (Fsp3) is 0.875. The molecule has 0 unspecified atom stereocenters. The highest BCUT2D eigenvalue weighted by atomic mass is 16.7. The van der Waals surface area contributed by atoms with Gasteiger partial charge in [-0.1, -0.05) is 0 Å². The molecule has 1 aliphatic rings. The van der Waals surface area contributed by atoms with Gasteiger partial charge in [-0.05, 0) is 13.8 Å². The Morgan fingerprint density at radius 2 is 2.08 bits per heavy atom. The van der Waals surface area contributed by atoms with E-state index in [0.717, 1.165) is 0 Å². The standard InChI is InChI=1S/C8H15NO3/c1-8(2)11-4-7(5-12-8)3-9-6-10/h6-7H,3-5H2,1-2H3,(H,9,10). The van der Waals surface area contributed by atoms with E-state index < -0.39 is 5.79 Å². The molecule has 0 bridgehead atoms. The summed E-state index contributed by atoms with van der Waals surface area (Å²) in [7, 11) is 0. The van der Waals surface area contributed by atoms with Crippen LogP contribution in [0.4, 0.5) is 0 Å². The highest BCUT2D eigenvalue weighted by molar-refractivity contribution is 5.45. The van der Waals surface area contributed by atoms with Gasteiger partial charge in [0.25, 0.3) is 0 Å². The van der Waals surface area contributed by atoms with E-state index in [1.807, 2.05) is 13.8 Å². The van der Waals surface area contributed by atoms with Gasteiger partial charge in [0.15, 0.2) is 5.79 Å². The third-order valence-electron chi connectivity index (χ3n) is 1.82. The van der Waals surface area contributed by atoms with Crippen LogP contribution in [0.2, 0.25) is 0 Å². The van der Waals surface area contributed by atoms with Crippen molar-refractivity contribution in [2.75, 3.05) is 19.8 Å². The number of rotatable bonds is 3. The van der Waals surface area contributed by atoms with Crippen molar-refractivity contribution in [3.8, 4) is 0 Å². The molecule has 0 saturated carbocycles. The Balaban J connectivity index is 2.22. The maximum Gasteiger partial charge on any atom is 0.207 e. The Kier molecular flexibility index (Phi) is 3.05. The molecule has 70 valence electrons. The molecule has 1 N–H and O–H groups in total. The first-order valence-electron chi connectivity index (χ1n) is 4.09. The third-order valence-corrected chi connectivity index (χ3v) is 1.82. The van der Waals surface area contributed by atoms with Crippen LogP contribution in [0.5, 0.6) is 0 Å². The summed E-state index contributed by atoms with van der Waals surface area (Å²) < 4.78 is 10.8. The molecule has 0 spiro atoms. The Hall–Kier alpha value is -0.610. The van der Waals surface area contributed by atoms with Crippen LogP contribution in [0.3, 0.4) is 0 Å². The van der Waals surface area contributed by atoms with Gasteiger partial charge in [0.1, 0.15) is 0 Å². The summed E-state index contributed by atoms with van der Waals surface area (Å²) in [6.07, 6.45) is 0.694. The van der Waals surface area contributed by atoms with Gasteiger partial charge in [0.05, 0.1) is 13.2 Å². The van der Waals surface area contributed by atoms with Crippen LogP contribution < -0.4 is 5.32 Å². The van der Waals surface area contributed by atoms with E-state index in [1.54, 1.807) is 0 Å². The van der Waals surface area contributed by atoms with Crippen LogP contribution in [0.1, 0.15) is 13.8 Å². The van der Waals surface area contributed by atoms with Crippen molar-refractivity contribution in [2.24, 2.45) is 5.92 Å². The number of amides is 1. The molecule has 0 atom stereocenters. The van der Waals surface area contributed by atoms with Gasteiger partial charge in [-0.15, -0.1) is 0 Å². The van der Waals surface area contributed by atoms with Crippen LogP contribution in [-0.2, 0) is 14.3 Å². The number of carbonyl (C=O) groups excluding carboxylic acids is 1. The first-order chi connectivity index (χ1) is 5.64. The monoisotopic (exact) mass is 173 g/mol. The van der Waals surface area contributed by atoms with Gasteiger partial charge in [0.2, 0.25) is 6.41 Å². The molecule has 4 nitrogen and oxygen atoms in total. The minimum atomic E-state index is -0.461. The quantitative estimate of drug-likeness (QED) is 0.617. The van der Waals surface area contributed by atoms with Crippen molar-refractivity contribution in [1.29, 1.82) is 0 Å². The fourth-order valence-corrected chi connectivity index (χ4v) is 1.06. The molecule has 4 heteroatoms. The van der Waals surface area contributed by atoms with E-state index in [-0.39, 0.29) is 5.92 Å². The lowest BCUT2D eigenvalue weighted by Crippen LogP contribution is -2.42. The number of hydrogen-bond acceptors (Lipinski definition) is 3. The second kappa shape index (κ2) is 3.87. The smallest absolute Gasteiger partial charge is 0.207 e. The fourth-order valence-electron chi connectivity index (χ4n) is 1.06. The Morgan fingerprint density at radius 1 is 1.50 bits per heavy atom. The maximum absolute atomic E-state index is 9.98. The molecule has 1 rings (SSSR count). The van der Waals surface area contributed by atoms with Crippen molar-refractivity contribution < 1.29 is 14.3 Å². The first-order valence-corrected chi connectivity index (χ1v) is 4.09. The van der Waals surface area contributed by atoms with Crippen LogP contribution in [0.25, 0.3) is 0 Å². The second-order valence-electron chi connectivity index (χ2n) is 3.41. The van der Waals surface area contributed by atoms with Crippen LogP contribution in [0, 0.1) is 5.92 Å². The van der Waals surface area contributed by atoms with Gasteiger partial charge in [-0.25, -0.2) is 0 Å². The number of carbonyl (C=O) groups is 1. The number of nitrogens with one attached hydrogen (secondary N) is 1. The van der Waals surface area contributed by atoms with E-state index in [2.05, 4.69) is 5.32 Å². The highest BCUT2D eigenvalue weighted by Crippen LogP contribution is 2.19. The van der Waals surface area contributed by atoms with E-state index in [4.69, 9.17) is 9.47 Å². The molecular weight excluding hydrogens is 158 g/mol. The Bertz CT molecular complexity index is 148. The van der Waals surface area contributed by atoms with Gasteiger partial charge < -0.3 is 14.8 Å². The summed E-state index contributed by atoms with van der Waals surface area (Å²) in [5, 5.41) is 2.60. The second-order valence-corrected chi connectivity index (χ2v) is 3.41. The van der Waals surface area contributed by atoms with E-state index in [1.165, 1.54) is 0 Å². The zero-order valence-electron chi connectivity index (χ0n) is 7.50. The Morgan fingerprint density at radius 3 is 2.58 bits per heavy atom. The minimum absolute atomic E-state index is 0.281. The molecule has 1 saturated heterocycles. The van der Waals surface area contributed by atoms with Crippen LogP contribution >= 0.6 is 0 Å². The predicted octanol–water partition coefficient (Wildman–Crippen LogP) is 0.131. The van der Waals surface area contributed by atoms with Crippen molar-refractivity contribution in [2.45, 2.75) is 19.6 Å². The molecule has 1 aliphatic heterocycles. The van der Waals surface area contributed by atoms with Crippen molar-refractivity contribution >= 4 is 6.41 Å². The zero-order valence-corrected chi connectivity index (χ0v) is 7.50. The molecule has 0 aromatic carbocycles. The molecule has 12 heavy (non-hydrogen) atoms. The summed E-state index contributed by atoms with van der Waals surface area (Å²) in [4.78, 5) is 9.98. The van der Waals surface area contributed by atoms with E-state index in [9.17, 15) is 4.79 Å². The lowest BCUT2D eigenvalue weighted by Gasteiger charge is -2.34. The molecule has 1 amide bonds. The molecule has 0 aromatic rings. The van der Waals surface area contributed by atoms with Gasteiger partial charge in [0, 0.05) is 12.5 Å².